The third-order valence-corrected chi connectivity index (χ3v) is 7.03. The van der Waals surface area contributed by atoms with Crippen LogP contribution >= 0.6 is 11.3 Å². The van der Waals surface area contributed by atoms with Crippen LogP contribution in [0.2, 0.25) is 0 Å². The minimum atomic E-state index is -4.70. The molecule has 1 aromatic carbocycles. The number of fused-ring (bicyclic) bond motifs is 2. The van der Waals surface area contributed by atoms with Crippen molar-refractivity contribution in [1.82, 2.24) is 19.5 Å². The number of aromatic nitrogens is 4. The summed E-state index contributed by atoms with van der Waals surface area (Å²) in [7, 11) is 0. The topological polar surface area (TPSA) is 131 Å². The number of carboxylic acid groups (broad SMARTS) is 1. The third kappa shape index (κ3) is 4.66. The zero-order valence-corrected chi connectivity index (χ0v) is 20.8. The molecule has 39 heavy (non-hydrogen) atoms. The van der Waals surface area contributed by atoms with E-state index in [1.165, 1.54) is 40.6 Å². The Hall–Kier alpha value is -4.83. The van der Waals surface area contributed by atoms with E-state index in [0.717, 1.165) is 6.07 Å². The van der Waals surface area contributed by atoms with Crippen LogP contribution in [0.25, 0.3) is 32.2 Å². The van der Waals surface area contributed by atoms with Gasteiger partial charge in [-0.25, -0.2) is 9.78 Å². The molecule has 0 atom stereocenters. The Bertz CT molecular complexity index is 1870. The average Bonchev–Trinajstić information content (AvgIpc) is 3.34. The van der Waals surface area contributed by atoms with Crippen LogP contribution in [0.1, 0.15) is 27.3 Å². The van der Waals surface area contributed by atoms with E-state index in [4.69, 9.17) is 4.74 Å². The Kier molecular flexibility index (Phi) is 6.49. The molecule has 0 radical (unpaired) electrons. The van der Waals surface area contributed by atoms with Crippen molar-refractivity contribution in [2.45, 2.75) is 19.6 Å². The fourth-order valence-electron chi connectivity index (χ4n) is 4.23. The summed E-state index contributed by atoms with van der Waals surface area (Å²) in [6.07, 6.45) is -0.120. The molecule has 9 nitrogen and oxygen atoms in total. The zero-order chi connectivity index (χ0) is 27.9. The summed E-state index contributed by atoms with van der Waals surface area (Å²) in [5, 5.41) is 20.2. The van der Waals surface area contributed by atoms with Crippen molar-refractivity contribution < 1.29 is 27.8 Å². The highest BCUT2D eigenvalue weighted by Gasteiger charge is 2.32. The summed E-state index contributed by atoms with van der Waals surface area (Å²) >= 11 is 1.23. The molecule has 0 saturated heterocycles. The quantitative estimate of drug-likeness (QED) is 0.310. The number of nitriles is 1. The van der Waals surface area contributed by atoms with Gasteiger partial charge in [-0.15, -0.1) is 11.3 Å². The molecule has 1 N–H and O–H groups in total. The zero-order valence-electron chi connectivity index (χ0n) is 20.0. The summed E-state index contributed by atoms with van der Waals surface area (Å²) in [6.45, 7) is 1.46. The second-order valence-corrected chi connectivity index (χ2v) is 9.23. The normalized spacial score (nSPS) is 11.6. The first-order valence-electron chi connectivity index (χ1n) is 11.3. The average molecular weight is 552 g/mol. The standard InChI is InChI=1S/C26H16F3N5O4S/c1-13-33-19-9-15(26(27,28)29)8-14(10-30)21(19)24(35)34(13)6-7-38-20-3-4-31-11-17(20)16-2-5-32-22-18(25(36)37)12-39-23(16)22/h2-5,8-9,11-12H,6-7H2,1H3,(H,36,37). The van der Waals surface area contributed by atoms with E-state index in [1.807, 2.05) is 0 Å². The first kappa shape index (κ1) is 25.8. The monoisotopic (exact) mass is 551 g/mol. The van der Waals surface area contributed by atoms with Gasteiger partial charge in [-0.2, -0.15) is 18.4 Å². The number of hydrogen-bond acceptors (Lipinski definition) is 8. The molecule has 0 bridgehead atoms. The number of hydrogen-bond donors (Lipinski definition) is 1. The number of rotatable bonds is 6. The van der Waals surface area contributed by atoms with E-state index < -0.39 is 28.8 Å². The molecule has 0 aliphatic rings. The Morgan fingerprint density at radius 1 is 1.23 bits per heavy atom. The number of alkyl halides is 3. The molecular formula is C26H16F3N5O4S. The number of aromatic carboxylic acids is 1. The van der Waals surface area contributed by atoms with E-state index in [-0.39, 0.29) is 35.4 Å². The number of pyridine rings is 2. The minimum Gasteiger partial charge on any atom is -0.491 e. The maximum absolute atomic E-state index is 13.2. The fourth-order valence-corrected chi connectivity index (χ4v) is 5.25. The maximum atomic E-state index is 13.2. The molecule has 0 aliphatic heterocycles. The Labute approximate surface area is 221 Å². The van der Waals surface area contributed by atoms with E-state index >= 15 is 0 Å². The van der Waals surface area contributed by atoms with Crippen LogP contribution in [0.4, 0.5) is 13.2 Å². The lowest BCUT2D eigenvalue weighted by Gasteiger charge is -2.15. The lowest BCUT2D eigenvalue weighted by molar-refractivity contribution is -0.137. The predicted molar refractivity (Wildman–Crippen MR) is 136 cm³/mol. The highest BCUT2D eigenvalue weighted by molar-refractivity contribution is 7.18. The van der Waals surface area contributed by atoms with E-state index in [0.29, 0.717) is 33.2 Å². The van der Waals surface area contributed by atoms with E-state index in [1.54, 1.807) is 24.4 Å². The van der Waals surface area contributed by atoms with Crippen molar-refractivity contribution >= 4 is 38.4 Å². The number of carboxylic acids is 1. The molecule has 5 rings (SSSR count). The molecule has 5 aromatic rings. The number of nitrogens with zero attached hydrogens (tertiary/aromatic N) is 5. The molecule has 0 fully saturated rings. The van der Waals surface area contributed by atoms with Gasteiger partial charge in [0.2, 0.25) is 0 Å². The lowest BCUT2D eigenvalue weighted by atomic mass is 10.1. The molecule has 4 heterocycles. The number of benzene rings is 1. The van der Waals surface area contributed by atoms with Crippen LogP contribution in [0.5, 0.6) is 5.75 Å². The van der Waals surface area contributed by atoms with Crippen molar-refractivity contribution in [1.29, 1.82) is 5.26 Å². The van der Waals surface area contributed by atoms with Gasteiger partial charge in [0, 0.05) is 35.1 Å². The predicted octanol–water partition coefficient (Wildman–Crippen LogP) is 5.04. The first-order valence-corrected chi connectivity index (χ1v) is 12.2. The molecule has 13 heteroatoms. The van der Waals surface area contributed by atoms with Gasteiger partial charge in [-0.3, -0.25) is 19.3 Å². The van der Waals surface area contributed by atoms with Crippen molar-refractivity contribution in [2.75, 3.05) is 6.61 Å². The maximum Gasteiger partial charge on any atom is 0.416 e. The first-order chi connectivity index (χ1) is 18.6. The van der Waals surface area contributed by atoms with Gasteiger partial charge < -0.3 is 9.84 Å². The molecule has 0 spiro atoms. The van der Waals surface area contributed by atoms with Gasteiger partial charge in [-0.05, 0) is 31.2 Å². The lowest BCUT2D eigenvalue weighted by Crippen LogP contribution is -2.27. The van der Waals surface area contributed by atoms with Crippen LogP contribution in [0, 0.1) is 18.3 Å². The Morgan fingerprint density at radius 2 is 2.03 bits per heavy atom. The van der Waals surface area contributed by atoms with Crippen molar-refractivity contribution in [2.24, 2.45) is 0 Å². The number of ether oxygens (including phenoxy) is 1. The summed E-state index contributed by atoms with van der Waals surface area (Å²) in [5.41, 5.74) is -0.673. The molecule has 0 unspecified atom stereocenters. The van der Waals surface area contributed by atoms with Crippen LogP contribution in [0.3, 0.4) is 0 Å². The number of halogens is 3. The minimum absolute atomic E-state index is 0.00478. The van der Waals surface area contributed by atoms with Crippen molar-refractivity contribution in [3.05, 3.63) is 81.1 Å². The summed E-state index contributed by atoms with van der Waals surface area (Å²) in [6, 6.07) is 6.40. The summed E-state index contributed by atoms with van der Waals surface area (Å²) in [4.78, 5) is 37.2. The molecule has 0 aliphatic carbocycles. The molecule has 0 amide bonds. The van der Waals surface area contributed by atoms with Gasteiger partial charge >= 0.3 is 12.1 Å². The van der Waals surface area contributed by atoms with Gasteiger partial charge in [0.1, 0.15) is 24.3 Å². The van der Waals surface area contributed by atoms with Gasteiger partial charge in [-0.1, -0.05) is 0 Å². The van der Waals surface area contributed by atoms with Gasteiger partial charge in [0.25, 0.3) is 5.56 Å². The molecule has 196 valence electrons. The molecule has 4 aromatic heterocycles. The Morgan fingerprint density at radius 3 is 2.74 bits per heavy atom. The third-order valence-electron chi connectivity index (χ3n) is 6.03. The van der Waals surface area contributed by atoms with Crippen LogP contribution in [-0.4, -0.2) is 37.2 Å². The van der Waals surface area contributed by atoms with E-state index in [2.05, 4.69) is 15.0 Å². The highest BCUT2D eigenvalue weighted by Crippen LogP contribution is 2.38. The molecule has 0 saturated carbocycles. The smallest absolute Gasteiger partial charge is 0.416 e. The van der Waals surface area contributed by atoms with Gasteiger partial charge in [0.15, 0.2) is 0 Å². The summed E-state index contributed by atoms with van der Waals surface area (Å²) < 4.78 is 47.6. The van der Waals surface area contributed by atoms with Crippen LogP contribution in [-0.2, 0) is 12.7 Å². The van der Waals surface area contributed by atoms with Crippen molar-refractivity contribution in [3.63, 3.8) is 0 Å². The van der Waals surface area contributed by atoms with Crippen LogP contribution < -0.4 is 10.3 Å². The van der Waals surface area contributed by atoms with Crippen LogP contribution in [0.15, 0.2) is 53.0 Å². The highest BCUT2D eigenvalue weighted by atomic mass is 32.1. The van der Waals surface area contributed by atoms with Crippen molar-refractivity contribution in [3.8, 4) is 22.9 Å². The summed E-state index contributed by atoms with van der Waals surface area (Å²) in [5.74, 6) is -0.521. The fraction of sp³-hybridized carbons (Fsp3) is 0.154. The second kappa shape index (κ2) is 9.80. The second-order valence-electron chi connectivity index (χ2n) is 8.35. The number of carbonyl (C=O) groups is 1. The largest absolute Gasteiger partial charge is 0.491 e. The van der Waals surface area contributed by atoms with E-state index in [9.17, 15) is 33.1 Å². The Balaban J connectivity index is 1.47. The number of aryl methyl sites for hydroxylation is 1. The molecular weight excluding hydrogens is 535 g/mol. The number of thiophene rings is 1. The van der Waals surface area contributed by atoms with Gasteiger partial charge in [0.05, 0.1) is 44.4 Å². The SMILES string of the molecule is Cc1nc2cc(C(F)(F)F)cc(C#N)c2c(=O)n1CCOc1ccncc1-c1ccnc2c(C(=O)O)csc12.